The van der Waals surface area contributed by atoms with Gasteiger partial charge in [0, 0.05) is 27.6 Å². The van der Waals surface area contributed by atoms with Crippen LogP contribution >= 0.6 is 39.1 Å². The molecule has 0 saturated heterocycles. The zero-order valence-electron chi connectivity index (χ0n) is 21.6. The summed E-state index contributed by atoms with van der Waals surface area (Å²) < 4.78 is 29.2. The molecule has 0 radical (unpaired) electrons. The maximum atomic E-state index is 13.9. The number of sulfonamides is 1. The molecule has 7 nitrogen and oxygen atoms in total. The van der Waals surface area contributed by atoms with Gasteiger partial charge < -0.3 is 10.2 Å². The lowest BCUT2D eigenvalue weighted by Gasteiger charge is -2.32. The van der Waals surface area contributed by atoms with Crippen molar-refractivity contribution in [2.75, 3.05) is 17.4 Å². The number of rotatable bonds is 12. The third-order valence-corrected chi connectivity index (χ3v) is 8.93. The molecule has 0 bridgehead atoms. The van der Waals surface area contributed by atoms with Gasteiger partial charge in [0.25, 0.3) is 10.0 Å². The van der Waals surface area contributed by atoms with Crippen molar-refractivity contribution in [2.45, 2.75) is 44.2 Å². The van der Waals surface area contributed by atoms with Crippen LogP contribution in [-0.2, 0) is 26.2 Å². The molecule has 0 aromatic heterocycles. The van der Waals surface area contributed by atoms with Crippen molar-refractivity contribution in [1.82, 2.24) is 10.2 Å². The van der Waals surface area contributed by atoms with E-state index in [9.17, 15) is 18.0 Å². The van der Waals surface area contributed by atoms with E-state index in [0.29, 0.717) is 32.3 Å². The molecule has 1 N–H and O–H groups in total. The maximum Gasteiger partial charge on any atom is 0.264 e. The van der Waals surface area contributed by atoms with Crippen LogP contribution in [0.2, 0.25) is 10.0 Å². The molecule has 0 saturated carbocycles. The summed E-state index contributed by atoms with van der Waals surface area (Å²) in [5, 5.41) is 3.62. The summed E-state index contributed by atoms with van der Waals surface area (Å²) in [6, 6.07) is 18.5. The van der Waals surface area contributed by atoms with Gasteiger partial charge in [-0.1, -0.05) is 82.8 Å². The summed E-state index contributed by atoms with van der Waals surface area (Å²) in [6.45, 7) is 3.53. The number of hydrogen-bond donors (Lipinski definition) is 1. The molecule has 0 aliphatic carbocycles. The number of nitrogens with one attached hydrogen (secondary N) is 1. The number of amides is 2. The van der Waals surface area contributed by atoms with E-state index in [2.05, 4.69) is 21.2 Å². The van der Waals surface area contributed by atoms with Crippen molar-refractivity contribution in [3.05, 3.63) is 92.9 Å². The summed E-state index contributed by atoms with van der Waals surface area (Å²) in [4.78, 5) is 28.3. The Balaban J connectivity index is 2.01. The Morgan fingerprint density at radius 1 is 1.00 bits per heavy atom. The van der Waals surface area contributed by atoms with Crippen molar-refractivity contribution >= 4 is 66.7 Å². The van der Waals surface area contributed by atoms with Gasteiger partial charge >= 0.3 is 0 Å². The molecule has 1 atom stereocenters. The second-order valence-electron chi connectivity index (χ2n) is 8.88. The van der Waals surface area contributed by atoms with E-state index in [1.165, 1.54) is 17.0 Å². The lowest BCUT2D eigenvalue weighted by molar-refractivity contribution is -0.139. The SMILES string of the molecule is CCCCNC(=O)C(C)N(Cc1ccc(Cl)cc1Cl)C(=O)CN(c1cccc(Br)c1)S(=O)(=O)c1ccccc1. The average molecular weight is 655 g/mol. The van der Waals surface area contributed by atoms with E-state index in [1.807, 2.05) is 6.92 Å². The van der Waals surface area contributed by atoms with Gasteiger partial charge in [-0.25, -0.2) is 8.42 Å². The van der Waals surface area contributed by atoms with E-state index < -0.39 is 28.5 Å². The first kappa shape index (κ1) is 30.9. The quantitative estimate of drug-likeness (QED) is 0.233. The largest absolute Gasteiger partial charge is 0.354 e. The monoisotopic (exact) mass is 653 g/mol. The first-order valence-corrected chi connectivity index (χ1v) is 15.4. The van der Waals surface area contributed by atoms with Crippen molar-refractivity contribution in [1.29, 1.82) is 0 Å². The fourth-order valence-corrected chi connectivity index (χ4v) is 6.11. The van der Waals surface area contributed by atoms with Crippen LogP contribution in [0.3, 0.4) is 0 Å². The lowest BCUT2D eigenvalue weighted by atomic mass is 10.1. The van der Waals surface area contributed by atoms with E-state index in [4.69, 9.17) is 23.2 Å². The smallest absolute Gasteiger partial charge is 0.264 e. The van der Waals surface area contributed by atoms with E-state index in [0.717, 1.165) is 17.1 Å². The molecule has 11 heteroatoms. The summed E-state index contributed by atoms with van der Waals surface area (Å²) in [6.07, 6.45) is 1.69. The number of benzene rings is 3. The Morgan fingerprint density at radius 3 is 2.36 bits per heavy atom. The van der Waals surface area contributed by atoms with Crippen LogP contribution in [-0.4, -0.2) is 44.3 Å². The van der Waals surface area contributed by atoms with Crippen LogP contribution in [0.5, 0.6) is 0 Å². The summed E-state index contributed by atoms with van der Waals surface area (Å²) in [5.41, 5.74) is 0.869. The van der Waals surface area contributed by atoms with Gasteiger partial charge in [0.15, 0.2) is 0 Å². The van der Waals surface area contributed by atoms with Crippen molar-refractivity contribution in [3.63, 3.8) is 0 Å². The zero-order chi connectivity index (χ0) is 28.6. The first-order chi connectivity index (χ1) is 18.5. The molecule has 2 amide bonds. The Labute approximate surface area is 248 Å². The number of unbranched alkanes of at least 4 members (excludes halogenated alkanes) is 1. The Hall–Kier alpha value is -2.59. The highest BCUT2D eigenvalue weighted by Crippen LogP contribution is 2.28. The van der Waals surface area contributed by atoms with E-state index in [1.54, 1.807) is 67.6 Å². The van der Waals surface area contributed by atoms with Gasteiger partial charge in [-0.05, 0) is 61.4 Å². The highest BCUT2D eigenvalue weighted by atomic mass is 79.9. The maximum absolute atomic E-state index is 13.9. The molecule has 39 heavy (non-hydrogen) atoms. The summed E-state index contributed by atoms with van der Waals surface area (Å²) in [5.74, 6) is -0.916. The second-order valence-corrected chi connectivity index (χ2v) is 12.5. The molecule has 3 aromatic rings. The fourth-order valence-electron chi connectivity index (χ4n) is 3.83. The third-order valence-electron chi connectivity index (χ3n) is 6.06. The molecular formula is C28H30BrCl2N3O4S. The summed E-state index contributed by atoms with van der Waals surface area (Å²) in [7, 11) is -4.13. The Bertz CT molecular complexity index is 1410. The number of halogens is 3. The van der Waals surface area contributed by atoms with Crippen LogP contribution in [0.25, 0.3) is 0 Å². The van der Waals surface area contributed by atoms with Crippen LogP contribution < -0.4 is 9.62 Å². The first-order valence-electron chi connectivity index (χ1n) is 12.4. The molecule has 0 aliphatic rings. The molecule has 3 rings (SSSR count). The molecule has 1 unspecified atom stereocenters. The van der Waals surface area contributed by atoms with Crippen molar-refractivity contribution in [2.24, 2.45) is 0 Å². The van der Waals surface area contributed by atoms with Crippen molar-refractivity contribution < 1.29 is 18.0 Å². The normalized spacial score (nSPS) is 12.0. The van der Waals surface area contributed by atoms with Gasteiger partial charge in [0.2, 0.25) is 11.8 Å². The van der Waals surface area contributed by atoms with Gasteiger partial charge in [-0.3, -0.25) is 13.9 Å². The van der Waals surface area contributed by atoms with Gasteiger partial charge in [0.1, 0.15) is 12.6 Å². The molecule has 0 fully saturated rings. The molecular weight excluding hydrogens is 625 g/mol. The predicted molar refractivity (Wildman–Crippen MR) is 160 cm³/mol. The number of carbonyl (C=O) groups is 2. The van der Waals surface area contributed by atoms with Gasteiger partial charge in [-0.15, -0.1) is 0 Å². The van der Waals surface area contributed by atoms with Gasteiger partial charge in [-0.2, -0.15) is 0 Å². The second kappa shape index (κ2) is 14.2. The lowest BCUT2D eigenvalue weighted by Crippen LogP contribution is -2.51. The van der Waals surface area contributed by atoms with Gasteiger partial charge in [0.05, 0.1) is 10.6 Å². The molecule has 3 aromatic carbocycles. The van der Waals surface area contributed by atoms with Crippen LogP contribution in [0.15, 0.2) is 82.2 Å². The van der Waals surface area contributed by atoms with Crippen molar-refractivity contribution in [3.8, 4) is 0 Å². The molecule has 0 heterocycles. The van der Waals surface area contributed by atoms with E-state index in [-0.39, 0.29) is 17.3 Å². The summed E-state index contributed by atoms with van der Waals surface area (Å²) >= 11 is 15.8. The number of carbonyl (C=O) groups excluding carboxylic acids is 2. The minimum Gasteiger partial charge on any atom is -0.354 e. The Morgan fingerprint density at radius 2 is 1.72 bits per heavy atom. The zero-order valence-corrected chi connectivity index (χ0v) is 25.5. The highest BCUT2D eigenvalue weighted by Gasteiger charge is 2.32. The fraction of sp³-hybridized carbons (Fsp3) is 0.286. The number of nitrogens with zero attached hydrogens (tertiary/aromatic N) is 2. The molecule has 0 aliphatic heterocycles. The van der Waals surface area contributed by atoms with Crippen LogP contribution in [0.4, 0.5) is 5.69 Å². The van der Waals surface area contributed by atoms with E-state index >= 15 is 0 Å². The minimum atomic E-state index is -4.13. The van der Waals surface area contributed by atoms with Crippen LogP contribution in [0, 0.1) is 0 Å². The molecule has 0 spiro atoms. The highest BCUT2D eigenvalue weighted by molar-refractivity contribution is 9.10. The topological polar surface area (TPSA) is 86.8 Å². The average Bonchev–Trinajstić information content (AvgIpc) is 2.91. The van der Waals surface area contributed by atoms with Crippen LogP contribution in [0.1, 0.15) is 32.3 Å². The Kier molecular flexibility index (Phi) is 11.2. The molecule has 208 valence electrons. The standard InChI is InChI=1S/C28H30BrCl2N3O4S/c1-3-4-15-32-28(36)20(2)33(18-21-13-14-23(30)17-26(21)31)27(35)19-34(24-10-8-9-22(29)16-24)39(37,38)25-11-6-5-7-12-25/h5-14,16-17,20H,3-4,15,18-19H2,1-2H3,(H,32,36). The number of hydrogen-bond acceptors (Lipinski definition) is 4. The predicted octanol–water partition coefficient (Wildman–Crippen LogP) is 6.28. The number of anilines is 1. The minimum absolute atomic E-state index is 0.0189. The third kappa shape index (κ3) is 8.20.